The fraction of sp³-hybridized carbons (Fsp3) is 0.0833. The van der Waals surface area contributed by atoms with E-state index in [1.807, 2.05) is 6.92 Å². The summed E-state index contributed by atoms with van der Waals surface area (Å²) in [5.41, 5.74) is 7.01. The first-order chi connectivity index (χ1) is 13.6. The van der Waals surface area contributed by atoms with Crippen molar-refractivity contribution in [3.8, 4) is 16.9 Å². The third-order valence-corrected chi connectivity index (χ3v) is 6.03. The summed E-state index contributed by atoms with van der Waals surface area (Å²) >= 11 is 1.13. The first kappa shape index (κ1) is 17.5. The van der Waals surface area contributed by atoms with Crippen LogP contribution in [-0.2, 0) is 0 Å². The molecule has 0 saturated heterocycles. The summed E-state index contributed by atoms with van der Waals surface area (Å²) in [5, 5.41) is 2.52. The fourth-order valence-electron chi connectivity index (χ4n) is 4.01. The molecular weight excluding hydrogens is 539 g/mol. The molecule has 0 atom stereocenters. The van der Waals surface area contributed by atoms with E-state index < -0.39 is 0 Å². The van der Waals surface area contributed by atoms with E-state index >= 15 is 0 Å². The number of para-hydroxylation sites is 2. The summed E-state index contributed by atoms with van der Waals surface area (Å²) in [7, 11) is 0. The molecule has 0 bridgehead atoms. The van der Waals surface area contributed by atoms with Crippen LogP contribution >= 0.6 is 0 Å². The van der Waals surface area contributed by atoms with Crippen molar-refractivity contribution in [1.82, 2.24) is 14.5 Å². The molecule has 2 radical (unpaired) electrons. The zero-order valence-corrected chi connectivity index (χ0v) is 19.2. The Morgan fingerprint density at radius 2 is 1.54 bits per heavy atom. The molecule has 134 valence electrons. The molecule has 2 aromatic heterocycles. The second kappa shape index (κ2) is 6.79. The van der Waals surface area contributed by atoms with E-state index in [2.05, 4.69) is 89.3 Å². The van der Waals surface area contributed by atoms with Crippen LogP contribution in [-0.4, -0.2) is 39.3 Å². The second-order valence-corrected chi connectivity index (χ2v) is 8.78. The van der Waals surface area contributed by atoms with Crippen LogP contribution in [0.3, 0.4) is 0 Å². The number of rotatable bonds is 2. The van der Waals surface area contributed by atoms with Crippen LogP contribution in [0.25, 0.3) is 38.8 Å². The average molecular weight is 557 g/mol. The minimum atomic E-state index is 0.828. The summed E-state index contributed by atoms with van der Waals surface area (Å²) in [4.78, 5) is 9.34. The van der Waals surface area contributed by atoms with E-state index in [-0.39, 0.29) is 0 Å². The summed E-state index contributed by atoms with van der Waals surface area (Å²) in [5.74, 6) is 0.828. The van der Waals surface area contributed by atoms with E-state index in [0.717, 1.165) is 45.3 Å². The predicted octanol–water partition coefficient (Wildman–Crippen LogP) is 4.65. The molecule has 0 fully saturated rings. The van der Waals surface area contributed by atoms with Gasteiger partial charge < -0.3 is 0 Å². The van der Waals surface area contributed by atoms with Gasteiger partial charge in [0.05, 0.1) is 0 Å². The van der Waals surface area contributed by atoms with Crippen molar-refractivity contribution in [1.29, 1.82) is 0 Å². The molecule has 4 heteroatoms. The quantitative estimate of drug-likeness (QED) is 0.296. The molecule has 28 heavy (non-hydrogen) atoms. The Bertz CT molecular complexity index is 1320. The van der Waals surface area contributed by atoms with Crippen molar-refractivity contribution in [2.24, 2.45) is 0 Å². The molecule has 3 aromatic carbocycles. The Hall–Kier alpha value is -2.58. The van der Waals surface area contributed by atoms with Crippen molar-refractivity contribution < 1.29 is 0 Å². The molecule has 3 nitrogen and oxygen atoms in total. The molecule has 0 aliphatic heterocycles. The van der Waals surface area contributed by atoms with Crippen molar-refractivity contribution in [2.45, 2.75) is 13.8 Å². The van der Waals surface area contributed by atoms with Crippen molar-refractivity contribution in [2.75, 3.05) is 0 Å². The van der Waals surface area contributed by atoms with Crippen LogP contribution in [0, 0.1) is 13.8 Å². The van der Waals surface area contributed by atoms with Crippen LogP contribution in [0.2, 0.25) is 0 Å². The summed E-state index contributed by atoms with van der Waals surface area (Å²) in [6, 6.07) is 25.8. The molecule has 2 heterocycles. The molecule has 0 unspecified atom stereocenters. The van der Waals surface area contributed by atoms with Crippen molar-refractivity contribution in [3.63, 3.8) is 0 Å². The molecule has 0 aliphatic carbocycles. The van der Waals surface area contributed by atoms with Crippen molar-refractivity contribution in [3.05, 3.63) is 84.2 Å². The Morgan fingerprint density at radius 3 is 2.32 bits per heavy atom. The fourth-order valence-corrected chi connectivity index (χ4v) is 5.05. The molecule has 0 aliphatic rings. The monoisotopic (exact) mass is 557 g/mol. The van der Waals surface area contributed by atoms with Gasteiger partial charge in [-0.05, 0) is 0 Å². The first-order valence-electron chi connectivity index (χ1n) is 9.26. The van der Waals surface area contributed by atoms with E-state index in [1.165, 1.54) is 32.9 Å². The van der Waals surface area contributed by atoms with Crippen molar-refractivity contribution >= 4 is 49.9 Å². The van der Waals surface area contributed by atoms with Gasteiger partial charge in [0.2, 0.25) is 0 Å². The van der Waals surface area contributed by atoms with Gasteiger partial charge in [-0.15, -0.1) is 0 Å². The Morgan fingerprint density at radius 1 is 0.786 bits per heavy atom. The van der Waals surface area contributed by atoms with Gasteiger partial charge in [0.1, 0.15) is 0 Å². The zero-order valence-electron chi connectivity index (χ0n) is 15.7. The van der Waals surface area contributed by atoms with Gasteiger partial charge in [-0.25, -0.2) is 0 Å². The molecular formula is C24H18BiN3. The first-order valence-corrected chi connectivity index (χ1v) is 11.0. The SMILES string of the molecule is Cc1n[c]([Bi])cc(-c2c(C)ccc3c4ccccc4n(-c4ccccc4)c23)n1. The normalized spacial score (nSPS) is 11.4. The number of nitrogens with zero attached hydrogens (tertiary/aromatic N) is 3. The summed E-state index contributed by atoms with van der Waals surface area (Å²) < 4.78 is 3.47. The third-order valence-electron chi connectivity index (χ3n) is 5.14. The maximum atomic E-state index is 4.81. The van der Waals surface area contributed by atoms with Gasteiger partial charge in [0.25, 0.3) is 0 Å². The van der Waals surface area contributed by atoms with Gasteiger partial charge in [-0.2, -0.15) is 0 Å². The van der Waals surface area contributed by atoms with Crippen LogP contribution in [0.1, 0.15) is 11.4 Å². The average Bonchev–Trinajstić information content (AvgIpc) is 3.02. The van der Waals surface area contributed by atoms with E-state index in [0.29, 0.717) is 0 Å². The zero-order chi connectivity index (χ0) is 19.3. The van der Waals surface area contributed by atoms with Gasteiger partial charge in [-0.3, -0.25) is 0 Å². The second-order valence-electron chi connectivity index (χ2n) is 7.00. The molecule has 0 spiro atoms. The molecule has 5 rings (SSSR count). The number of benzene rings is 3. The number of fused-ring (bicyclic) bond motifs is 3. The molecule has 0 N–H and O–H groups in total. The molecule has 5 aromatic rings. The Balaban J connectivity index is 2.01. The van der Waals surface area contributed by atoms with Crippen LogP contribution in [0.15, 0.2) is 72.8 Å². The number of aromatic nitrogens is 3. The van der Waals surface area contributed by atoms with Crippen LogP contribution in [0.5, 0.6) is 0 Å². The number of hydrogen-bond acceptors (Lipinski definition) is 2. The molecule has 0 amide bonds. The van der Waals surface area contributed by atoms with Gasteiger partial charge in [0.15, 0.2) is 0 Å². The number of aryl methyl sites for hydroxylation is 2. The summed E-state index contributed by atoms with van der Waals surface area (Å²) in [6.07, 6.45) is 0. The predicted molar refractivity (Wildman–Crippen MR) is 117 cm³/mol. The maximum absolute atomic E-state index is 4.81. The van der Waals surface area contributed by atoms with Gasteiger partial charge >= 0.3 is 179 Å². The van der Waals surface area contributed by atoms with Gasteiger partial charge in [-0.1, -0.05) is 0 Å². The van der Waals surface area contributed by atoms with E-state index in [9.17, 15) is 0 Å². The topological polar surface area (TPSA) is 30.7 Å². The number of hydrogen-bond donors (Lipinski definition) is 0. The van der Waals surface area contributed by atoms with Crippen LogP contribution in [0.4, 0.5) is 0 Å². The van der Waals surface area contributed by atoms with Crippen LogP contribution < -0.4 is 3.40 Å². The molecule has 0 saturated carbocycles. The minimum absolute atomic E-state index is 0.828. The third kappa shape index (κ3) is 2.75. The Labute approximate surface area is 178 Å². The van der Waals surface area contributed by atoms with E-state index in [1.54, 1.807) is 0 Å². The summed E-state index contributed by atoms with van der Waals surface area (Å²) in [6.45, 7) is 4.15. The Kier molecular flexibility index (Phi) is 4.25. The van der Waals surface area contributed by atoms with E-state index in [4.69, 9.17) is 4.98 Å². The van der Waals surface area contributed by atoms with Gasteiger partial charge in [0, 0.05) is 0 Å². The standard InChI is InChI=1S/C24H18N3.Bi/c1-16-12-13-20-19-10-6-7-11-22(19)27(18-8-4-3-5-9-18)24(20)23(16)21-14-15-25-17(2)26-21;/h3-14H,1-2H3;.